The molecule has 0 atom stereocenters. The summed E-state index contributed by atoms with van der Waals surface area (Å²) in [5.74, 6) is 0.698. The fourth-order valence-corrected chi connectivity index (χ4v) is 7.85. The molecule has 0 aliphatic carbocycles. The lowest BCUT2D eigenvalue weighted by Gasteiger charge is -2.26. The van der Waals surface area contributed by atoms with Crippen LogP contribution in [0, 0.1) is 0 Å². The third-order valence-corrected chi connectivity index (χ3v) is 10.9. The topological polar surface area (TPSA) is 29.0 Å². The Morgan fingerprint density at radius 2 is 0.644 bits per heavy atom. The summed E-state index contributed by atoms with van der Waals surface area (Å²) < 4.78 is 0. The molecule has 1 aromatic heterocycles. The fourth-order valence-electron chi connectivity index (χ4n) is 7.85. The molecule has 278 valence electrons. The zero-order chi connectivity index (χ0) is 39.4. The van der Waals surface area contributed by atoms with Crippen molar-refractivity contribution in [2.24, 2.45) is 0 Å². The maximum absolute atomic E-state index is 5.17. The first kappa shape index (κ1) is 35.5. The predicted octanol–water partition coefficient (Wildman–Crippen LogP) is 15.1. The standard InChI is InChI=1S/C56H39N3/c1-4-13-40(14-5-1)43-27-33-49(34-28-43)59(50-35-29-44(30-36-50)41-15-6-2-7-16-41)51-37-31-45(32-38-51)42-23-25-48(26-24-42)56-57-54(47-18-8-3-9-19-47)39-55(58-56)53-22-12-20-46-17-10-11-21-52(46)53/h1-39H. The van der Waals surface area contributed by atoms with E-state index in [1.54, 1.807) is 0 Å². The number of aromatic nitrogens is 2. The van der Waals surface area contributed by atoms with Crippen LogP contribution in [0.1, 0.15) is 0 Å². The Bertz CT molecular complexity index is 2890. The summed E-state index contributed by atoms with van der Waals surface area (Å²) in [4.78, 5) is 12.6. The van der Waals surface area contributed by atoms with Gasteiger partial charge < -0.3 is 4.90 Å². The van der Waals surface area contributed by atoms with E-state index < -0.39 is 0 Å². The maximum Gasteiger partial charge on any atom is 0.160 e. The molecule has 0 aliphatic heterocycles. The van der Waals surface area contributed by atoms with Crippen molar-refractivity contribution in [3.8, 4) is 67.3 Å². The predicted molar refractivity (Wildman–Crippen MR) is 247 cm³/mol. The molecule has 0 saturated heterocycles. The lowest BCUT2D eigenvalue weighted by molar-refractivity contribution is 1.18. The lowest BCUT2D eigenvalue weighted by Crippen LogP contribution is -2.09. The zero-order valence-corrected chi connectivity index (χ0v) is 32.4. The molecule has 3 nitrogen and oxygen atoms in total. The van der Waals surface area contributed by atoms with Gasteiger partial charge in [0.15, 0.2) is 5.82 Å². The molecule has 9 aromatic carbocycles. The molecule has 0 amide bonds. The molecular weight excluding hydrogens is 715 g/mol. The molecule has 0 saturated carbocycles. The van der Waals surface area contributed by atoms with Crippen molar-refractivity contribution in [2.75, 3.05) is 4.90 Å². The SMILES string of the molecule is c1ccc(-c2ccc(N(c3ccc(-c4ccccc4)cc3)c3ccc(-c4ccc(-c5nc(-c6ccccc6)cc(-c6cccc7ccccc67)n5)cc4)cc3)cc2)cc1. The zero-order valence-electron chi connectivity index (χ0n) is 32.4. The van der Waals surface area contributed by atoms with Crippen molar-refractivity contribution < 1.29 is 0 Å². The number of hydrogen-bond donors (Lipinski definition) is 0. The van der Waals surface area contributed by atoms with Crippen LogP contribution in [-0.4, -0.2) is 9.97 Å². The van der Waals surface area contributed by atoms with Crippen LogP contribution in [0.25, 0.3) is 78.1 Å². The van der Waals surface area contributed by atoms with E-state index in [0.717, 1.165) is 56.3 Å². The number of benzene rings is 9. The van der Waals surface area contributed by atoms with E-state index in [9.17, 15) is 0 Å². The number of rotatable bonds is 9. The minimum atomic E-state index is 0.698. The minimum Gasteiger partial charge on any atom is -0.311 e. The van der Waals surface area contributed by atoms with Crippen LogP contribution in [0.4, 0.5) is 17.1 Å². The van der Waals surface area contributed by atoms with E-state index in [4.69, 9.17) is 9.97 Å². The Kier molecular flexibility index (Phi) is 9.59. The fraction of sp³-hybridized carbons (Fsp3) is 0. The summed E-state index contributed by atoms with van der Waals surface area (Å²) in [5, 5.41) is 2.36. The number of anilines is 3. The summed E-state index contributed by atoms with van der Waals surface area (Å²) >= 11 is 0. The average molecular weight is 754 g/mol. The normalized spacial score (nSPS) is 11.1. The van der Waals surface area contributed by atoms with Crippen LogP contribution in [0.2, 0.25) is 0 Å². The highest BCUT2D eigenvalue weighted by atomic mass is 15.1. The monoisotopic (exact) mass is 753 g/mol. The number of fused-ring (bicyclic) bond motifs is 1. The molecule has 1 heterocycles. The van der Waals surface area contributed by atoms with Crippen LogP contribution in [0.3, 0.4) is 0 Å². The molecule has 0 fully saturated rings. The first-order chi connectivity index (χ1) is 29.2. The van der Waals surface area contributed by atoms with Gasteiger partial charge in [-0.3, -0.25) is 0 Å². The molecule has 0 unspecified atom stereocenters. The summed E-state index contributed by atoms with van der Waals surface area (Å²) in [6.45, 7) is 0. The van der Waals surface area contributed by atoms with Gasteiger partial charge in [0.2, 0.25) is 0 Å². The molecule has 3 heteroatoms. The molecule has 0 radical (unpaired) electrons. The van der Waals surface area contributed by atoms with Gasteiger partial charge in [0.1, 0.15) is 0 Å². The van der Waals surface area contributed by atoms with Gasteiger partial charge in [-0.15, -0.1) is 0 Å². The van der Waals surface area contributed by atoms with Crippen molar-refractivity contribution in [1.82, 2.24) is 9.97 Å². The quantitative estimate of drug-likeness (QED) is 0.147. The van der Waals surface area contributed by atoms with E-state index in [1.807, 2.05) is 6.07 Å². The molecule has 0 aliphatic rings. The smallest absolute Gasteiger partial charge is 0.160 e. The molecule has 0 bridgehead atoms. The Morgan fingerprint density at radius 3 is 1.15 bits per heavy atom. The third kappa shape index (κ3) is 7.41. The first-order valence-electron chi connectivity index (χ1n) is 20.0. The third-order valence-electron chi connectivity index (χ3n) is 10.9. The van der Waals surface area contributed by atoms with Crippen molar-refractivity contribution in [1.29, 1.82) is 0 Å². The van der Waals surface area contributed by atoms with Crippen LogP contribution in [0.5, 0.6) is 0 Å². The Balaban J connectivity index is 0.977. The molecule has 0 spiro atoms. The highest BCUT2D eigenvalue weighted by molar-refractivity contribution is 5.96. The van der Waals surface area contributed by atoms with Gasteiger partial charge in [0.25, 0.3) is 0 Å². The van der Waals surface area contributed by atoms with Crippen molar-refractivity contribution >= 4 is 27.8 Å². The van der Waals surface area contributed by atoms with Crippen LogP contribution >= 0.6 is 0 Å². The van der Waals surface area contributed by atoms with Crippen LogP contribution in [0.15, 0.2) is 237 Å². The molecular formula is C56H39N3. The summed E-state index contributed by atoms with van der Waals surface area (Å²) in [7, 11) is 0. The van der Waals surface area contributed by atoms with Crippen molar-refractivity contribution in [2.45, 2.75) is 0 Å². The minimum absolute atomic E-state index is 0.698. The van der Waals surface area contributed by atoms with Gasteiger partial charge in [-0.1, -0.05) is 194 Å². The summed E-state index contributed by atoms with van der Waals surface area (Å²) in [6.07, 6.45) is 0. The van der Waals surface area contributed by atoms with Gasteiger partial charge in [-0.05, 0) is 86.6 Å². The number of nitrogens with zero attached hydrogens (tertiary/aromatic N) is 3. The van der Waals surface area contributed by atoms with Crippen molar-refractivity contribution in [3.63, 3.8) is 0 Å². The molecule has 0 N–H and O–H groups in total. The van der Waals surface area contributed by atoms with Gasteiger partial charge >= 0.3 is 0 Å². The van der Waals surface area contributed by atoms with E-state index in [2.05, 4.69) is 235 Å². The highest BCUT2D eigenvalue weighted by Crippen LogP contribution is 2.38. The maximum atomic E-state index is 5.17. The average Bonchev–Trinajstić information content (AvgIpc) is 3.33. The van der Waals surface area contributed by atoms with Crippen molar-refractivity contribution in [3.05, 3.63) is 237 Å². The Hall–Kier alpha value is -7.88. The second-order valence-corrected chi connectivity index (χ2v) is 14.6. The molecule has 59 heavy (non-hydrogen) atoms. The lowest BCUT2D eigenvalue weighted by atomic mass is 10.00. The molecule has 10 aromatic rings. The first-order valence-corrected chi connectivity index (χ1v) is 20.0. The highest BCUT2D eigenvalue weighted by Gasteiger charge is 2.16. The van der Waals surface area contributed by atoms with Crippen LogP contribution in [-0.2, 0) is 0 Å². The number of hydrogen-bond acceptors (Lipinski definition) is 3. The second-order valence-electron chi connectivity index (χ2n) is 14.6. The largest absolute Gasteiger partial charge is 0.311 e. The van der Waals surface area contributed by atoms with E-state index >= 15 is 0 Å². The Morgan fingerprint density at radius 1 is 0.271 bits per heavy atom. The summed E-state index contributed by atoms with van der Waals surface area (Å²) in [6, 6.07) is 83.5. The summed E-state index contributed by atoms with van der Waals surface area (Å²) in [5.41, 5.74) is 15.2. The van der Waals surface area contributed by atoms with E-state index in [1.165, 1.54) is 33.0 Å². The Labute approximate surface area is 345 Å². The van der Waals surface area contributed by atoms with Gasteiger partial charge in [-0.25, -0.2) is 9.97 Å². The van der Waals surface area contributed by atoms with Gasteiger partial charge in [0, 0.05) is 33.8 Å². The van der Waals surface area contributed by atoms with Crippen LogP contribution < -0.4 is 4.90 Å². The second kappa shape index (κ2) is 15.9. The van der Waals surface area contributed by atoms with Gasteiger partial charge in [-0.2, -0.15) is 0 Å². The van der Waals surface area contributed by atoms with Gasteiger partial charge in [0.05, 0.1) is 11.4 Å². The molecule has 10 rings (SSSR count). The van der Waals surface area contributed by atoms with E-state index in [-0.39, 0.29) is 0 Å². The van der Waals surface area contributed by atoms with E-state index in [0.29, 0.717) is 5.82 Å².